The fraction of sp³-hybridized carbons (Fsp3) is 0.556. The molecule has 1 aromatic carbocycles. The van der Waals surface area contributed by atoms with E-state index in [1.54, 1.807) is 12.0 Å². The molecule has 0 atom stereocenters. The summed E-state index contributed by atoms with van der Waals surface area (Å²) >= 11 is 0. The van der Waals surface area contributed by atoms with E-state index < -0.39 is 5.41 Å². The van der Waals surface area contributed by atoms with Gasteiger partial charge in [0.25, 0.3) is 0 Å². The molecule has 6 nitrogen and oxygen atoms in total. The molecule has 2 amide bonds. The Kier molecular flexibility index (Phi) is 5.04. The first-order valence-electron chi connectivity index (χ1n) is 8.45. The molecular formula is C18H24N2O4. The Morgan fingerprint density at radius 1 is 1.25 bits per heavy atom. The highest BCUT2D eigenvalue weighted by atomic mass is 16.5. The third kappa shape index (κ3) is 3.38. The van der Waals surface area contributed by atoms with Gasteiger partial charge in [0.15, 0.2) is 0 Å². The van der Waals surface area contributed by atoms with Crippen molar-refractivity contribution in [1.29, 1.82) is 0 Å². The molecule has 2 aliphatic rings. The topological polar surface area (TPSA) is 67.9 Å². The van der Waals surface area contributed by atoms with Crippen LogP contribution in [0.5, 0.6) is 5.75 Å². The number of rotatable bonds is 6. The van der Waals surface area contributed by atoms with Crippen LogP contribution >= 0.6 is 0 Å². The molecule has 1 aliphatic carbocycles. The average Bonchev–Trinajstić information content (AvgIpc) is 3.44. The van der Waals surface area contributed by atoms with Crippen LogP contribution < -0.4 is 10.1 Å². The molecule has 1 saturated heterocycles. The van der Waals surface area contributed by atoms with E-state index in [0.29, 0.717) is 52.1 Å². The van der Waals surface area contributed by atoms with Crippen molar-refractivity contribution in [3.8, 4) is 5.75 Å². The van der Waals surface area contributed by atoms with Crippen LogP contribution in [0.3, 0.4) is 0 Å². The number of hydrogen-bond acceptors (Lipinski definition) is 4. The van der Waals surface area contributed by atoms with Crippen molar-refractivity contribution in [3.63, 3.8) is 0 Å². The lowest BCUT2D eigenvalue weighted by molar-refractivity contribution is -0.147. The number of amides is 2. The predicted octanol–water partition coefficient (Wildman–Crippen LogP) is 0.993. The van der Waals surface area contributed by atoms with Crippen LogP contribution in [0, 0.1) is 5.41 Å². The molecule has 24 heavy (non-hydrogen) atoms. The maximum Gasteiger partial charge on any atom is 0.238 e. The summed E-state index contributed by atoms with van der Waals surface area (Å²) < 4.78 is 10.6. The van der Waals surface area contributed by atoms with Crippen molar-refractivity contribution in [3.05, 3.63) is 29.8 Å². The maximum absolute atomic E-state index is 12.6. The Labute approximate surface area is 142 Å². The summed E-state index contributed by atoms with van der Waals surface area (Å²) in [4.78, 5) is 26.9. The molecule has 130 valence electrons. The van der Waals surface area contributed by atoms with Crippen LogP contribution in [0.2, 0.25) is 0 Å². The first kappa shape index (κ1) is 16.8. The highest BCUT2D eigenvalue weighted by Crippen LogP contribution is 2.47. The van der Waals surface area contributed by atoms with E-state index in [1.807, 2.05) is 24.3 Å². The molecule has 2 fully saturated rings. The van der Waals surface area contributed by atoms with Crippen molar-refractivity contribution in [1.82, 2.24) is 10.2 Å². The van der Waals surface area contributed by atoms with Crippen LogP contribution in [-0.2, 0) is 20.7 Å². The van der Waals surface area contributed by atoms with Gasteiger partial charge in [-0.05, 0) is 30.9 Å². The van der Waals surface area contributed by atoms with E-state index in [1.165, 1.54) is 0 Å². The molecule has 3 rings (SSSR count). The average molecular weight is 332 g/mol. The summed E-state index contributed by atoms with van der Waals surface area (Å²) in [6, 6.07) is 7.75. The molecule has 1 aromatic rings. The van der Waals surface area contributed by atoms with E-state index in [9.17, 15) is 9.59 Å². The van der Waals surface area contributed by atoms with E-state index in [2.05, 4.69) is 5.32 Å². The van der Waals surface area contributed by atoms with E-state index >= 15 is 0 Å². The molecule has 1 N–H and O–H groups in total. The van der Waals surface area contributed by atoms with E-state index in [4.69, 9.17) is 9.47 Å². The SMILES string of the molecule is COc1ccccc1CCNC(=O)C1(C(=O)N2CCOCC2)CC1. The molecule has 0 spiro atoms. The van der Waals surface area contributed by atoms with E-state index in [-0.39, 0.29) is 11.8 Å². The summed E-state index contributed by atoms with van der Waals surface area (Å²) in [6.07, 6.45) is 1.96. The zero-order chi connectivity index (χ0) is 17.0. The van der Waals surface area contributed by atoms with Crippen molar-refractivity contribution in [2.45, 2.75) is 19.3 Å². The van der Waals surface area contributed by atoms with Gasteiger partial charge in [0.2, 0.25) is 11.8 Å². The molecule has 0 radical (unpaired) electrons. The number of carbonyl (C=O) groups is 2. The lowest BCUT2D eigenvalue weighted by atomic mass is 10.0. The Morgan fingerprint density at radius 2 is 1.96 bits per heavy atom. The monoisotopic (exact) mass is 332 g/mol. The fourth-order valence-corrected chi connectivity index (χ4v) is 3.12. The van der Waals surface area contributed by atoms with Gasteiger partial charge in [0, 0.05) is 19.6 Å². The molecule has 1 aliphatic heterocycles. The number of carbonyl (C=O) groups excluding carboxylic acids is 2. The summed E-state index contributed by atoms with van der Waals surface area (Å²) in [5.41, 5.74) is 0.211. The van der Waals surface area contributed by atoms with Gasteiger partial charge >= 0.3 is 0 Å². The minimum absolute atomic E-state index is 0.0411. The van der Waals surface area contributed by atoms with Crippen LogP contribution in [0.25, 0.3) is 0 Å². The predicted molar refractivity (Wildman–Crippen MR) is 88.8 cm³/mol. The lowest BCUT2D eigenvalue weighted by Gasteiger charge is -2.30. The van der Waals surface area contributed by atoms with Crippen LogP contribution in [-0.4, -0.2) is 56.7 Å². The number of nitrogens with one attached hydrogen (secondary N) is 1. The molecule has 0 aromatic heterocycles. The summed E-state index contributed by atoms with van der Waals surface area (Å²) in [5.74, 6) is 0.631. The number of morpholine rings is 1. The van der Waals surface area contributed by atoms with Gasteiger partial charge in [-0.1, -0.05) is 18.2 Å². The maximum atomic E-state index is 12.6. The fourth-order valence-electron chi connectivity index (χ4n) is 3.12. The normalized spacial score (nSPS) is 18.8. The summed E-state index contributed by atoms with van der Waals surface area (Å²) in [5, 5.41) is 2.93. The van der Waals surface area contributed by atoms with Crippen molar-refractivity contribution in [2.24, 2.45) is 5.41 Å². The first-order chi connectivity index (χ1) is 11.7. The third-order valence-electron chi connectivity index (χ3n) is 4.76. The first-order valence-corrected chi connectivity index (χ1v) is 8.45. The highest BCUT2D eigenvalue weighted by Gasteiger charge is 2.57. The zero-order valence-electron chi connectivity index (χ0n) is 14.0. The molecule has 1 saturated carbocycles. The van der Waals surface area contributed by atoms with Crippen molar-refractivity contribution in [2.75, 3.05) is 40.0 Å². The second kappa shape index (κ2) is 7.21. The summed E-state index contributed by atoms with van der Waals surface area (Å²) in [7, 11) is 1.64. The van der Waals surface area contributed by atoms with Gasteiger partial charge < -0.3 is 19.7 Å². The minimum atomic E-state index is -0.835. The molecule has 6 heteroatoms. The molecule has 0 bridgehead atoms. The quantitative estimate of drug-likeness (QED) is 0.789. The zero-order valence-corrected chi connectivity index (χ0v) is 14.0. The summed E-state index contributed by atoms with van der Waals surface area (Å²) in [6.45, 7) is 2.76. The van der Waals surface area contributed by atoms with Gasteiger partial charge in [-0.25, -0.2) is 0 Å². The van der Waals surface area contributed by atoms with Gasteiger partial charge in [-0.15, -0.1) is 0 Å². The highest BCUT2D eigenvalue weighted by molar-refractivity contribution is 6.07. The lowest BCUT2D eigenvalue weighted by Crippen LogP contribution is -2.49. The van der Waals surface area contributed by atoms with Crippen LogP contribution in [0.15, 0.2) is 24.3 Å². The van der Waals surface area contributed by atoms with Gasteiger partial charge in [-0.3, -0.25) is 9.59 Å². The van der Waals surface area contributed by atoms with Crippen molar-refractivity contribution >= 4 is 11.8 Å². The third-order valence-corrected chi connectivity index (χ3v) is 4.76. The number of ether oxygens (including phenoxy) is 2. The van der Waals surface area contributed by atoms with Crippen LogP contribution in [0.1, 0.15) is 18.4 Å². The Bertz CT molecular complexity index is 607. The van der Waals surface area contributed by atoms with E-state index in [0.717, 1.165) is 11.3 Å². The van der Waals surface area contributed by atoms with Gasteiger partial charge in [-0.2, -0.15) is 0 Å². The van der Waals surface area contributed by atoms with Gasteiger partial charge in [0.05, 0.1) is 20.3 Å². The molecule has 0 unspecified atom stereocenters. The number of hydrogen-bond donors (Lipinski definition) is 1. The second-order valence-corrected chi connectivity index (χ2v) is 6.30. The Hall–Kier alpha value is -2.08. The number of para-hydroxylation sites is 1. The second-order valence-electron chi connectivity index (χ2n) is 6.30. The minimum Gasteiger partial charge on any atom is -0.496 e. The largest absolute Gasteiger partial charge is 0.496 e. The Morgan fingerprint density at radius 3 is 2.62 bits per heavy atom. The molecule has 1 heterocycles. The van der Waals surface area contributed by atoms with Crippen LogP contribution in [0.4, 0.5) is 0 Å². The number of methoxy groups -OCH3 is 1. The Balaban J connectivity index is 1.54. The van der Waals surface area contributed by atoms with Gasteiger partial charge in [0.1, 0.15) is 11.2 Å². The smallest absolute Gasteiger partial charge is 0.238 e. The van der Waals surface area contributed by atoms with Crippen molar-refractivity contribution < 1.29 is 19.1 Å². The standard InChI is InChI=1S/C18H24N2O4/c1-23-15-5-3-2-4-14(15)6-9-19-16(21)18(7-8-18)17(22)20-10-12-24-13-11-20/h2-5H,6-13H2,1H3,(H,19,21). The number of benzene rings is 1. The number of nitrogens with zero attached hydrogens (tertiary/aromatic N) is 1. The molecular weight excluding hydrogens is 308 g/mol.